The number of hydrogen-bond donors (Lipinski definition) is 1. The molecule has 1 aromatic carbocycles. The summed E-state index contributed by atoms with van der Waals surface area (Å²) in [7, 11) is 0. The number of nitrogens with zero attached hydrogens (tertiary/aromatic N) is 1. The second-order valence-electron chi connectivity index (χ2n) is 2.84. The van der Waals surface area contributed by atoms with Gasteiger partial charge in [-0.1, -0.05) is 28.1 Å². The molecular formula is C10H8BrNO2. The monoisotopic (exact) mass is 253 g/mol. The van der Waals surface area contributed by atoms with Gasteiger partial charge in [-0.25, -0.2) is 4.79 Å². The Labute approximate surface area is 90.1 Å². The van der Waals surface area contributed by atoms with Crippen LogP contribution in [0.5, 0.6) is 0 Å². The summed E-state index contributed by atoms with van der Waals surface area (Å²) in [5, 5.41) is 18.3. The molecule has 0 heterocycles. The molecule has 0 radical (unpaired) electrons. The minimum Gasteiger partial charge on any atom is -0.478 e. The molecule has 0 aromatic heterocycles. The Hall–Kier alpha value is -1.34. The van der Waals surface area contributed by atoms with Gasteiger partial charge in [-0.3, -0.25) is 0 Å². The molecule has 1 N–H and O–H groups in total. The summed E-state index contributed by atoms with van der Waals surface area (Å²) in [6.45, 7) is 1.68. The lowest BCUT2D eigenvalue weighted by Gasteiger charge is -2.06. The number of hydrogen-bond acceptors (Lipinski definition) is 2. The zero-order valence-electron chi connectivity index (χ0n) is 7.54. The number of benzene rings is 1. The van der Waals surface area contributed by atoms with Crippen LogP contribution >= 0.6 is 15.9 Å². The predicted octanol–water partition coefficient (Wildman–Crippen LogP) is 2.46. The van der Waals surface area contributed by atoms with E-state index in [-0.39, 0.29) is 11.1 Å². The highest BCUT2D eigenvalue weighted by Crippen LogP contribution is 2.20. The average molecular weight is 254 g/mol. The van der Waals surface area contributed by atoms with Crippen LogP contribution in [-0.2, 0) is 5.33 Å². The number of aromatic carboxylic acids is 1. The number of carboxylic acids is 1. The first-order valence-electron chi connectivity index (χ1n) is 3.93. The summed E-state index contributed by atoms with van der Waals surface area (Å²) < 4.78 is 0. The zero-order valence-corrected chi connectivity index (χ0v) is 9.13. The Kier molecular flexibility index (Phi) is 3.26. The van der Waals surface area contributed by atoms with Gasteiger partial charge in [0.1, 0.15) is 6.07 Å². The van der Waals surface area contributed by atoms with Gasteiger partial charge in [0.2, 0.25) is 0 Å². The van der Waals surface area contributed by atoms with Crippen molar-refractivity contribution in [2.75, 3.05) is 0 Å². The number of carboxylic acid groups (broad SMARTS) is 1. The third-order valence-electron chi connectivity index (χ3n) is 1.97. The van der Waals surface area contributed by atoms with Gasteiger partial charge >= 0.3 is 5.97 Å². The number of rotatable bonds is 2. The molecule has 1 aromatic rings. The Morgan fingerprint density at radius 1 is 1.64 bits per heavy atom. The number of alkyl halides is 1. The lowest BCUT2D eigenvalue weighted by molar-refractivity contribution is 0.0695. The fourth-order valence-electron chi connectivity index (χ4n) is 1.26. The minimum absolute atomic E-state index is 0.101. The van der Waals surface area contributed by atoms with Crippen molar-refractivity contribution in [2.24, 2.45) is 0 Å². The van der Waals surface area contributed by atoms with E-state index in [1.165, 1.54) is 0 Å². The van der Waals surface area contributed by atoms with Crippen molar-refractivity contribution < 1.29 is 9.90 Å². The molecule has 0 aliphatic carbocycles. The van der Waals surface area contributed by atoms with Gasteiger partial charge in [0.25, 0.3) is 0 Å². The minimum atomic E-state index is -1.05. The summed E-state index contributed by atoms with van der Waals surface area (Å²) in [6.07, 6.45) is 0. The number of carbonyl (C=O) groups is 1. The molecule has 3 nitrogen and oxygen atoms in total. The first kappa shape index (κ1) is 10.7. The van der Waals surface area contributed by atoms with Crippen molar-refractivity contribution in [3.63, 3.8) is 0 Å². The van der Waals surface area contributed by atoms with Crippen LogP contribution in [0.1, 0.15) is 27.0 Å². The molecule has 14 heavy (non-hydrogen) atoms. The first-order chi connectivity index (χ1) is 6.61. The van der Waals surface area contributed by atoms with Crippen molar-refractivity contribution in [1.82, 2.24) is 0 Å². The maximum Gasteiger partial charge on any atom is 0.337 e. The quantitative estimate of drug-likeness (QED) is 0.824. The third-order valence-corrected chi connectivity index (χ3v) is 2.57. The highest BCUT2D eigenvalue weighted by molar-refractivity contribution is 9.08. The molecule has 72 valence electrons. The van der Waals surface area contributed by atoms with Crippen molar-refractivity contribution in [1.29, 1.82) is 5.26 Å². The molecule has 1 rings (SSSR count). The van der Waals surface area contributed by atoms with Crippen LogP contribution < -0.4 is 0 Å². The van der Waals surface area contributed by atoms with Crippen LogP contribution in [0, 0.1) is 18.3 Å². The van der Waals surface area contributed by atoms with Crippen LogP contribution in [0.4, 0.5) is 0 Å². The Bertz CT molecular complexity index is 421. The van der Waals surface area contributed by atoms with Gasteiger partial charge < -0.3 is 5.11 Å². The summed E-state index contributed by atoms with van der Waals surface area (Å²) >= 11 is 3.21. The van der Waals surface area contributed by atoms with Gasteiger partial charge in [-0.15, -0.1) is 0 Å². The molecule has 0 spiro atoms. The van der Waals surface area contributed by atoms with Gasteiger partial charge in [-0.05, 0) is 18.1 Å². The second-order valence-corrected chi connectivity index (χ2v) is 3.40. The Morgan fingerprint density at radius 3 is 2.71 bits per heavy atom. The van der Waals surface area contributed by atoms with Crippen LogP contribution in [0.2, 0.25) is 0 Å². The lowest BCUT2D eigenvalue weighted by atomic mass is 9.98. The molecule has 4 heteroatoms. The Balaban J connectivity index is 3.53. The van der Waals surface area contributed by atoms with E-state index in [4.69, 9.17) is 10.4 Å². The maximum absolute atomic E-state index is 10.9. The van der Waals surface area contributed by atoms with Crippen LogP contribution in [-0.4, -0.2) is 11.1 Å². The highest BCUT2D eigenvalue weighted by atomic mass is 79.9. The molecule has 0 aliphatic heterocycles. The first-order valence-corrected chi connectivity index (χ1v) is 5.05. The van der Waals surface area contributed by atoms with E-state index in [0.29, 0.717) is 16.5 Å². The molecule has 0 bridgehead atoms. The standard InChI is InChI=1S/C10H8BrNO2/c1-6-2-3-7(4-11)8(5-12)9(6)10(13)14/h2-3H,4H2,1H3,(H,13,14). The topological polar surface area (TPSA) is 61.1 Å². The molecule has 0 unspecified atom stereocenters. The second kappa shape index (κ2) is 4.25. The maximum atomic E-state index is 10.9. The fourth-order valence-corrected chi connectivity index (χ4v) is 1.73. The molecule has 0 atom stereocenters. The van der Waals surface area contributed by atoms with Crippen molar-refractivity contribution in [3.05, 3.63) is 34.4 Å². The Morgan fingerprint density at radius 2 is 2.29 bits per heavy atom. The van der Waals surface area contributed by atoms with Crippen LogP contribution in [0.15, 0.2) is 12.1 Å². The van der Waals surface area contributed by atoms with E-state index in [1.807, 2.05) is 6.07 Å². The third kappa shape index (κ3) is 1.78. The zero-order chi connectivity index (χ0) is 10.7. The largest absolute Gasteiger partial charge is 0.478 e. The molecule has 0 aliphatic rings. The lowest BCUT2D eigenvalue weighted by Crippen LogP contribution is -2.05. The van der Waals surface area contributed by atoms with E-state index in [0.717, 1.165) is 0 Å². The van der Waals surface area contributed by atoms with E-state index in [9.17, 15) is 4.79 Å². The molecule has 0 saturated carbocycles. The molecule has 0 amide bonds. The van der Waals surface area contributed by atoms with Crippen LogP contribution in [0.3, 0.4) is 0 Å². The normalized spacial score (nSPS) is 9.50. The van der Waals surface area contributed by atoms with Crippen molar-refractivity contribution >= 4 is 21.9 Å². The van der Waals surface area contributed by atoms with Gasteiger partial charge in [0, 0.05) is 5.33 Å². The average Bonchev–Trinajstić information content (AvgIpc) is 2.16. The van der Waals surface area contributed by atoms with Crippen molar-refractivity contribution in [3.8, 4) is 6.07 Å². The van der Waals surface area contributed by atoms with E-state index in [2.05, 4.69) is 15.9 Å². The highest BCUT2D eigenvalue weighted by Gasteiger charge is 2.15. The SMILES string of the molecule is Cc1ccc(CBr)c(C#N)c1C(=O)O. The molecule has 0 fully saturated rings. The summed E-state index contributed by atoms with van der Waals surface area (Å²) in [6, 6.07) is 5.39. The van der Waals surface area contributed by atoms with E-state index >= 15 is 0 Å². The summed E-state index contributed by atoms with van der Waals surface area (Å²) in [5.41, 5.74) is 1.66. The smallest absolute Gasteiger partial charge is 0.337 e. The fraction of sp³-hybridized carbons (Fsp3) is 0.200. The summed E-state index contributed by atoms with van der Waals surface area (Å²) in [5.74, 6) is -1.05. The van der Waals surface area contributed by atoms with Gasteiger partial charge in [-0.2, -0.15) is 5.26 Å². The predicted molar refractivity (Wildman–Crippen MR) is 55.5 cm³/mol. The van der Waals surface area contributed by atoms with Gasteiger partial charge in [0.15, 0.2) is 0 Å². The van der Waals surface area contributed by atoms with Crippen molar-refractivity contribution in [2.45, 2.75) is 12.3 Å². The van der Waals surface area contributed by atoms with E-state index < -0.39 is 5.97 Å². The molecule has 0 saturated heterocycles. The molecular weight excluding hydrogens is 246 g/mol. The van der Waals surface area contributed by atoms with E-state index in [1.54, 1.807) is 19.1 Å². The summed E-state index contributed by atoms with van der Waals surface area (Å²) in [4.78, 5) is 10.9. The van der Waals surface area contributed by atoms with Crippen LogP contribution in [0.25, 0.3) is 0 Å². The van der Waals surface area contributed by atoms with Gasteiger partial charge in [0.05, 0.1) is 11.1 Å². The number of nitriles is 1. The number of halogens is 1. The number of aryl methyl sites for hydroxylation is 1.